The maximum absolute atomic E-state index is 12.3. The molecule has 0 aromatic heterocycles. The number of anilines is 3. The van der Waals surface area contributed by atoms with Crippen molar-refractivity contribution < 1.29 is 19.1 Å². The van der Waals surface area contributed by atoms with Crippen molar-refractivity contribution in [3.63, 3.8) is 0 Å². The van der Waals surface area contributed by atoms with Crippen LogP contribution in [-0.4, -0.2) is 38.7 Å². The highest BCUT2D eigenvalue weighted by atomic mass is 16.5. The maximum atomic E-state index is 12.3. The van der Waals surface area contributed by atoms with E-state index in [1.165, 1.54) is 0 Å². The lowest BCUT2D eigenvalue weighted by molar-refractivity contribution is -0.114. The molecule has 31 heavy (non-hydrogen) atoms. The summed E-state index contributed by atoms with van der Waals surface area (Å²) in [6.07, 6.45) is 0. The van der Waals surface area contributed by atoms with Crippen LogP contribution in [0.2, 0.25) is 0 Å². The van der Waals surface area contributed by atoms with Gasteiger partial charge in [-0.15, -0.1) is 0 Å². The van der Waals surface area contributed by atoms with Gasteiger partial charge >= 0.3 is 0 Å². The fourth-order valence-electron chi connectivity index (χ4n) is 2.76. The molecule has 3 aromatic carbocycles. The minimum Gasteiger partial charge on any atom is -0.491 e. The van der Waals surface area contributed by atoms with Gasteiger partial charge in [-0.05, 0) is 54.6 Å². The average Bonchev–Trinajstić information content (AvgIpc) is 2.80. The zero-order valence-corrected chi connectivity index (χ0v) is 17.3. The number of benzene rings is 3. The lowest BCUT2D eigenvalue weighted by Crippen LogP contribution is -2.21. The van der Waals surface area contributed by atoms with Crippen molar-refractivity contribution in [1.29, 1.82) is 0 Å². The molecule has 0 saturated carbocycles. The van der Waals surface area contributed by atoms with Gasteiger partial charge in [-0.3, -0.25) is 9.59 Å². The van der Waals surface area contributed by atoms with Gasteiger partial charge in [0, 0.05) is 29.7 Å². The molecule has 7 heteroatoms. The molecule has 160 valence electrons. The number of amides is 2. The molecule has 0 spiro atoms. The number of nitrogens with one attached hydrogen (secondary N) is 3. The molecule has 0 atom stereocenters. The quantitative estimate of drug-likeness (QED) is 0.432. The minimum atomic E-state index is -0.190. The molecule has 0 aliphatic carbocycles. The average molecular weight is 419 g/mol. The number of hydrogen-bond acceptors (Lipinski definition) is 5. The van der Waals surface area contributed by atoms with Gasteiger partial charge in [0.2, 0.25) is 5.91 Å². The minimum absolute atomic E-state index is 0.0855. The number of rotatable bonds is 10. The number of carbonyl (C=O) groups is 2. The fourth-order valence-corrected chi connectivity index (χ4v) is 2.76. The number of carbonyl (C=O) groups excluding carboxylic acids is 2. The number of ether oxygens (including phenoxy) is 2. The van der Waals surface area contributed by atoms with Crippen molar-refractivity contribution in [2.45, 2.75) is 0 Å². The first kappa shape index (κ1) is 21.9. The van der Waals surface area contributed by atoms with Crippen LogP contribution < -0.4 is 20.7 Å². The molecule has 0 heterocycles. The normalized spacial score (nSPS) is 10.2. The third-order valence-corrected chi connectivity index (χ3v) is 4.30. The molecule has 0 aliphatic heterocycles. The molecule has 3 rings (SSSR count). The van der Waals surface area contributed by atoms with E-state index >= 15 is 0 Å². The summed E-state index contributed by atoms with van der Waals surface area (Å²) in [6.45, 7) is 1.07. The SMILES string of the molecule is COCCOc1ccc(NC(=O)CNc2cccc(NC(=O)c3ccccc3)c2)cc1. The van der Waals surface area contributed by atoms with E-state index in [1.807, 2.05) is 30.3 Å². The van der Waals surface area contributed by atoms with Crippen molar-refractivity contribution >= 4 is 28.9 Å². The number of hydrogen-bond donors (Lipinski definition) is 3. The summed E-state index contributed by atoms with van der Waals surface area (Å²) < 4.78 is 10.4. The van der Waals surface area contributed by atoms with Crippen LogP contribution in [-0.2, 0) is 9.53 Å². The van der Waals surface area contributed by atoms with Crippen molar-refractivity contribution in [2.75, 3.05) is 42.8 Å². The van der Waals surface area contributed by atoms with Crippen molar-refractivity contribution in [3.05, 3.63) is 84.4 Å². The highest BCUT2D eigenvalue weighted by molar-refractivity contribution is 6.04. The standard InChI is InChI=1S/C24H25N3O4/c1-30-14-15-31-22-12-10-19(11-13-22)26-23(28)17-25-20-8-5-9-21(16-20)27-24(29)18-6-3-2-4-7-18/h2-13,16,25H,14-15,17H2,1H3,(H,26,28)(H,27,29). The molecule has 0 fully saturated rings. The van der Waals surface area contributed by atoms with Gasteiger partial charge in [0.05, 0.1) is 13.2 Å². The van der Waals surface area contributed by atoms with Gasteiger partial charge in [0.15, 0.2) is 0 Å². The molecule has 0 bridgehead atoms. The van der Waals surface area contributed by atoms with E-state index in [0.29, 0.717) is 35.9 Å². The van der Waals surface area contributed by atoms with Gasteiger partial charge in [0.1, 0.15) is 12.4 Å². The van der Waals surface area contributed by atoms with Gasteiger partial charge in [-0.25, -0.2) is 0 Å². The molecular formula is C24H25N3O4. The topological polar surface area (TPSA) is 88.7 Å². The van der Waals surface area contributed by atoms with Crippen molar-refractivity contribution in [2.24, 2.45) is 0 Å². The zero-order valence-electron chi connectivity index (χ0n) is 17.3. The molecule has 3 aromatic rings. The first-order chi connectivity index (χ1) is 15.1. The van der Waals surface area contributed by atoms with Gasteiger partial charge in [-0.1, -0.05) is 24.3 Å². The number of methoxy groups -OCH3 is 1. The Balaban J connectivity index is 1.48. The molecule has 0 saturated heterocycles. The van der Waals surface area contributed by atoms with E-state index < -0.39 is 0 Å². The second-order valence-electron chi connectivity index (χ2n) is 6.67. The predicted molar refractivity (Wildman–Crippen MR) is 122 cm³/mol. The molecule has 0 unspecified atom stereocenters. The van der Waals surface area contributed by atoms with Crippen LogP contribution >= 0.6 is 0 Å². The van der Waals surface area contributed by atoms with E-state index in [4.69, 9.17) is 9.47 Å². The molecule has 0 aliphatic rings. The fraction of sp³-hybridized carbons (Fsp3) is 0.167. The van der Waals surface area contributed by atoms with Gasteiger partial charge < -0.3 is 25.4 Å². The highest BCUT2D eigenvalue weighted by Crippen LogP contribution is 2.17. The molecule has 2 amide bonds. The lowest BCUT2D eigenvalue weighted by Gasteiger charge is -2.11. The van der Waals surface area contributed by atoms with Crippen LogP contribution in [0.25, 0.3) is 0 Å². The second kappa shape index (κ2) is 11.4. The third kappa shape index (κ3) is 7.17. The summed E-state index contributed by atoms with van der Waals surface area (Å²) in [4.78, 5) is 24.5. The third-order valence-electron chi connectivity index (χ3n) is 4.30. The Bertz CT molecular complexity index is 991. The van der Waals surface area contributed by atoms with E-state index in [9.17, 15) is 9.59 Å². The Kier molecular flexibility index (Phi) is 8.02. The molecule has 7 nitrogen and oxygen atoms in total. The van der Waals surface area contributed by atoms with Gasteiger partial charge in [0.25, 0.3) is 5.91 Å². The van der Waals surface area contributed by atoms with Crippen LogP contribution in [0.5, 0.6) is 5.75 Å². The zero-order chi connectivity index (χ0) is 21.9. The Morgan fingerprint density at radius 1 is 0.774 bits per heavy atom. The monoisotopic (exact) mass is 419 g/mol. The van der Waals surface area contributed by atoms with Crippen LogP contribution in [0, 0.1) is 0 Å². The predicted octanol–water partition coefficient (Wildman–Crippen LogP) is 4.01. The van der Waals surface area contributed by atoms with Crippen molar-refractivity contribution in [1.82, 2.24) is 0 Å². The van der Waals surface area contributed by atoms with Crippen LogP contribution in [0.3, 0.4) is 0 Å². The van der Waals surface area contributed by atoms with Crippen LogP contribution in [0.15, 0.2) is 78.9 Å². The molecular weight excluding hydrogens is 394 g/mol. The summed E-state index contributed by atoms with van der Waals surface area (Å²) >= 11 is 0. The van der Waals surface area contributed by atoms with Gasteiger partial charge in [-0.2, -0.15) is 0 Å². The summed E-state index contributed by atoms with van der Waals surface area (Å²) in [5, 5.41) is 8.74. The summed E-state index contributed by atoms with van der Waals surface area (Å²) in [7, 11) is 1.62. The molecule has 0 radical (unpaired) electrons. The van der Waals surface area contributed by atoms with Crippen molar-refractivity contribution in [3.8, 4) is 5.75 Å². The van der Waals surface area contributed by atoms with E-state index in [-0.39, 0.29) is 18.4 Å². The van der Waals surface area contributed by atoms with E-state index in [0.717, 1.165) is 5.69 Å². The first-order valence-electron chi connectivity index (χ1n) is 9.86. The summed E-state index contributed by atoms with van der Waals surface area (Å²) in [6, 6.07) is 23.3. The summed E-state index contributed by atoms with van der Waals surface area (Å²) in [5.41, 5.74) is 2.62. The largest absolute Gasteiger partial charge is 0.491 e. The molecule has 3 N–H and O–H groups in total. The second-order valence-corrected chi connectivity index (χ2v) is 6.67. The smallest absolute Gasteiger partial charge is 0.255 e. The van der Waals surface area contributed by atoms with E-state index in [1.54, 1.807) is 55.6 Å². The Morgan fingerprint density at radius 2 is 1.52 bits per heavy atom. The lowest BCUT2D eigenvalue weighted by atomic mass is 10.2. The Morgan fingerprint density at radius 3 is 2.26 bits per heavy atom. The Hall–Kier alpha value is -3.84. The summed E-state index contributed by atoms with van der Waals surface area (Å²) in [5.74, 6) is 0.333. The Labute approximate surface area is 181 Å². The highest BCUT2D eigenvalue weighted by Gasteiger charge is 2.07. The van der Waals surface area contributed by atoms with Crippen LogP contribution in [0.4, 0.5) is 17.1 Å². The van der Waals surface area contributed by atoms with E-state index in [2.05, 4.69) is 16.0 Å². The van der Waals surface area contributed by atoms with Crippen LogP contribution in [0.1, 0.15) is 10.4 Å². The first-order valence-corrected chi connectivity index (χ1v) is 9.86. The maximum Gasteiger partial charge on any atom is 0.255 e.